The maximum atomic E-state index is 13.1. The zero-order chi connectivity index (χ0) is 22.3. The molecule has 0 radical (unpaired) electrons. The van der Waals surface area contributed by atoms with Gasteiger partial charge in [-0.05, 0) is 49.6 Å². The van der Waals surface area contributed by atoms with E-state index in [1.165, 1.54) is 0 Å². The van der Waals surface area contributed by atoms with Crippen molar-refractivity contribution in [2.45, 2.75) is 39.8 Å². The Labute approximate surface area is 181 Å². The molecular formula is C24H26N2O5. The van der Waals surface area contributed by atoms with Gasteiger partial charge in [0, 0.05) is 0 Å². The normalized spacial score (nSPS) is 16.9. The average molecular weight is 422 g/mol. The van der Waals surface area contributed by atoms with Crippen LogP contribution in [0, 0.1) is 12.8 Å². The van der Waals surface area contributed by atoms with E-state index in [9.17, 15) is 14.4 Å². The van der Waals surface area contributed by atoms with Crippen LogP contribution < -0.4 is 14.8 Å². The maximum Gasteiger partial charge on any atom is 0.262 e. The van der Waals surface area contributed by atoms with Gasteiger partial charge in [0.1, 0.15) is 19.3 Å². The Morgan fingerprint density at radius 3 is 2.32 bits per heavy atom. The lowest BCUT2D eigenvalue weighted by Crippen LogP contribution is -2.49. The Bertz CT molecular complexity index is 1060. The van der Waals surface area contributed by atoms with Gasteiger partial charge in [0.05, 0.1) is 17.2 Å². The van der Waals surface area contributed by atoms with Crippen LogP contribution in [-0.2, 0) is 4.79 Å². The predicted molar refractivity (Wildman–Crippen MR) is 114 cm³/mol. The van der Waals surface area contributed by atoms with Gasteiger partial charge >= 0.3 is 0 Å². The molecule has 0 aliphatic carbocycles. The smallest absolute Gasteiger partial charge is 0.262 e. The quantitative estimate of drug-likeness (QED) is 0.748. The maximum absolute atomic E-state index is 13.1. The first-order valence-corrected chi connectivity index (χ1v) is 10.5. The fraction of sp³-hybridized carbons (Fsp3) is 0.375. The van der Waals surface area contributed by atoms with Crippen molar-refractivity contribution >= 4 is 17.7 Å². The number of carbonyl (C=O) groups is 3. The average Bonchev–Trinajstić information content (AvgIpc) is 3.00. The fourth-order valence-corrected chi connectivity index (χ4v) is 4.00. The first kappa shape index (κ1) is 20.9. The molecule has 162 valence electrons. The van der Waals surface area contributed by atoms with Crippen molar-refractivity contribution < 1.29 is 23.9 Å². The molecule has 7 heteroatoms. The van der Waals surface area contributed by atoms with Crippen molar-refractivity contribution in [1.29, 1.82) is 0 Å². The SMILES string of the molecule is Cc1ccc2c(c1)C(=O)N([C@H](C)C(=O)N[C@H](c1ccc3c(c1)OCCO3)C(C)C)C2=O. The highest BCUT2D eigenvalue weighted by atomic mass is 16.6. The van der Waals surface area contributed by atoms with Crippen LogP contribution in [0.15, 0.2) is 36.4 Å². The molecule has 2 aliphatic heterocycles. The number of carbonyl (C=O) groups excluding carboxylic acids is 3. The highest BCUT2D eigenvalue weighted by molar-refractivity contribution is 6.22. The molecule has 0 saturated heterocycles. The molecule has 0 unspecified atom stereocenters. The van der Waals surface area contributed by atoms with E-state index in [0.29, 0.717) is 35.8 Å². The minimum atomic E-state index is -0.939. The highest BCUT2D eigenvalue weighted by Gasteiger charge is 2.41. The first-order valence-electron chi connectivity index (χ1n) is 10.5. The second-order valence-corrected chi connectivity index (χ2v) is 8.34. The second-order valence-electron chi connectivity index (χ2n) is 8.34. The van der Waals surface area contributed by atoms with Gasteiger partial charge in [-0.1, -0.05) is 31.5 Å². The van der Waals surface area contributed by atoms with Crippen LogP contribution in [0.2, 0.25) is 0 Å². The van der Waals surface area contributed by atoms with Crippen LogP contribution in [0.25, 0.3) is 0 Å². The zero-order valence-electron chi connectivity index (χ0n) is 18.1. The van der Waals surface area contributed by atoms with Crippen molar-refractivity contribution in [2.24, 2.45) is 5.92 Å². The molecule has 2 heterocycles. The molecule has 2 aromatic carbocycles. The van der Waals surface area contributed by atoms with Crippen molar-refractivity contribution in [3.63, 3.8) is 0 Å². The lowest BCUT2D eigenvalue weighted by molar-refractivity contribution is -0.125. The number of ether oxygens (including phenoxy) is 2. The Hall–Kier alpha value is -3.35. The molecule has 2 aliphatic rings. The molecular weight excluding hydrogens is 396 g/mol. The largest absolute Gasteiger partial charge is 0.486 e. The summed E-state index contributed by atoms with van der Waals surface area (Å²) in [4.78, 5) is 39.8. The van der Waals surface area contributed by atoms with Crippen molar-refractivity contribution in [3.8, 4) is 11.5 Å². The van der Waals surface area contributed by atoms with Gasteiger partial charge in [0.25, 0.3) is 11.8 Å². The molecule has 0 spiro atoms. The third kappa shape index (κ3) is 3.76. The molecule has 31 heavy (non-hydrogen) atoms. The summed E-state index contributed by atoms with van der Waals surface area (Å²) >= 11 is 0. The third-order valence-corrected chi connectivity index (χ3v) is 5.73. The van der Waals surface area contributed by atoms with E-state index in [1.54, 1.807) is 25.1 Å². The zero-order valence-corrected chi connectivity index (χ0v) is 18.1. The van der Waals surface area contributed by atoms with Gasteiger partial charge in [0.2, 0.25) is 5.91 Å². The lowest BCUT2D eigenvalue weighted by Gasteiger charge is -2.28. The molecule has 1 N–H and O–H groups in total. The lowest BCUT2D eigenvalue weighted by atomic mass is 9.95. The predicted octanol–water partition coefficient (Wildman–Crippen LogP) is 3.26. The molecule has 2 aromatic rings. The summed E-state index contributed by atoms with van der Waals surface area (Å²) in [6.45, 7) is 8.41. The summed E-state index contributed by atoms with van der Waals surface area (Å²) in [7, 11) is 0. The number of imide groups is 1. The minimum absolute atomic E-state index is 0.0727. The fourth-order valence-electron chi connectivity index (χ4n) is 4.00. The number of nitrogens with one attached hydrogen (secondary N) is 1. The standard InChI is InChI=1S/C24H26N2O5/c1-13(2)21(16-6-8-19-20(12-16)31-10-9-30-19)25-22(27)15(4)26-23(28)17-7-5-14(3)11-18(17)24(26)29/h5-8,11-13,15,21H,9-10H2,1-4H3,(H,25,27)/t15-,21+/m1/s1. The topological polar surface area (TPSA) is 84.9 Å². The molecule has 7 nitrogen and oxygen atoms in total. The summed E-state index contributed by atoms with van der Waals surface area (Å²) < 4.78 is 11.2. The molecule has 3 amide bonds. The van der Waals surface area contributed by atoms with E-state index >= 15 is 0 Å². The Morgan fingerprint density at radius 2 is 1.61 bits per heavy atom. The van der Waals surface area contributed by atoms with Crippen LogP contribution in [0.3, 0.4) is 0 Å². The monoisotopic (exact) mass is 422 g/mol. The van der Waals surface area contributed by atoms with Crippen molar-refractivity contribution in [3.05, 3.63) is 58.7 Å². The molecule has 0 aromatic heterocycles. The summed E-state index contributed by atoms with van der Waals surface area (Å²) in [5, 5.41) is 3.01. The van der Waals surface area contributed by atoms with E-state index < -0.39 is 17.9 Å². The van der Waals surface area contributed by atoms with Crippen LogP contribution in [0.1, 0.15) is 58.7 Å². The van der Waals surface area contributed by atoms with E-state index in [2.05, 4.69) is 5.32 Å². The van der Waals surface area contributed by atoms with E-state index in [1.807, 2.05) is 39.0 Å². The number of nitrogens with zero attached hydrogens (tertiary/aromatic N) is 1. The van der Waals surface area contributed by atoms with Crippen LogP contribution >= 0.6 is 0 Å². The van der Waals surface area contributed by atoms with Crippen LogP contribution in [0.4, 0.5) is 0 Å². The van der Waals surface area contributed by atoms with Gasteiger partial charge in [-0.15, -0.1) is 0 Å². The molecule has 0 bridgehead atoms. The van der Waals surface area contributed by atoms with Gasteiger partial charge in [-0.2, -0.15) is 0 Å². The number of aryl methyl sites for hydroxylation is 1. The Balaban J connectivity index is 1.55. The number of fused-ring (bicyclic) bond motifs is 2. The number of benzene rings is 2. The van der Waals surface area contributed by atoms with Crippen molar-refractivity contribution in [1.82, 2.24) is 10.2 Å². The summed E-state index contributed by atoms with van der Waals surface area (Å²) in [6.07, 6.45) is 0. The third-order valence-electron chi connectivity index (χ3n) is 5.73. The second kappa shape index (κ2) is 8.06. The first-order chi connectivity index (χ1) is 14.8. The number of hydrogen-bond acceptors (Lipinski definition) is 5. The Kier molecular flexibility index (Phi) is 5.43. The Morgan fingerprint density at radius 1 is 0.935 bits per heavy atom. The van der Waals surface area contributed by atoms with E-state index in [0.717, 1.165) is 16.0 Å². The van der Waals surface area contributed by atoms with Crippen LogP contribution in [-0.4, -0.2) is 41.9 Å². The van der Waals surface area contributed by atoms with Gasteiger partial charge in [0.15, 0.2) is 11.5 Å². The highest BCUT2D eigenvalue weighted by Crippen LogP contribution is 2.34. The van der Waals surface area contributed by atoms with Crippen LogP contribution in [0.5, 0.6) is 11.5 Å². The van der Waals surface area contributed by atoms with Crippen molar-refractivity contribution in [2.75, 3.05) is 13.2 Å². The number of rotatable bonds is 5. The molecule has 0 saturated carbocycles. The number of hydrogen-bond donors (Lipinski definition) is 1. The van der Waals surface area contributed by atoms with Gasteiger partial charge in [-0.25, -0.2) is 0 Å². The summed E-state index contributed by atoms with van der Waals surface area (Å²) in [6, 6.07) is 9.46. The van der Waals surface area contributed by atoms with E-state index in [4.69, 9.17) is 9.47 Å². The van der Waals surface area contributed by atoms with E-state index in [-0.39, 0.29) is 17.9 Å². The minimum Gasteiger partial charge on any atom is -0.486 e. The number of amides is 3. The van der Waals surface area contributed by atoms with Gasteiger partial charge in [-0.3, -0.25) is 19.3 Å². The molecule has 2 atom stereocenters. The molecule has 0 fully saturated rings. The van der Waals surface area contributed by atoms with Gasteiger partial charge < -0.3 is 14.8 Å². The summed E-state index contributed by atoms with van der Waals surface area (Å²) in [5.41, 5.74) is 2.44. The summed E-state index contributed by atoms with van der Waals surface area (Å²) in [5.74, 6) is 0.129. The molecule has 4 rings (SSSR count).